The Hall–Kier alpha value is -3.85. The summed E-state index contributed by atoms with van der Waals surface area (Å²) < 4.78 is 14.4. The van der Waals surface area contributed by atoms with E-state index < -0.39 is 17.6 Å². The van der Waals surface area contributed by atoms with Crippen molar-refractivity contribution >= 4 is 44.7 Å². The highest BCUT2D eigenvalue weighted by molar-refractivity contribution is 7.18. The van der Waals surface area contributed by atoms with Crippen molar-refractivity contribution in [2.24, 2.45) is 0 Å². The number of nitrogens with zero attached hydrogens (tertiary/aromatic N) is 2. The number of benzene rings is 2. The maximum absolute atomic E-state index is 13.1. The molecular weight excluding hydrogens is 443 g/mol. The highest BCUT2D eigenvalue weighted by Crippen LogP contribution is 2.34. The lowest BCUT2D eigenvalue weighted by Crippen LogP contribution is -2.28. The summed E-state index contributed by atoms with van der Waals surface area (Å²) in [6, 6.07) is 11.9. The summed E-state index contributed by atoms with van der Waals surface area (Å²) in [6.45, 7) is -0.222. The minimum Gasteiger partial charge on any atom is -0.324 e. The zero-order chi connectivity index (χ0) is 22.9. The van der Waals surface area contributed by atoms with Crippen LogP contribution in [0.4, 0.5) is 15.8 Å². The van der Waals surface area contributed by atoms with Gasteiger partial charge in [-0.15, -0.1) is 11.3 Å². The average Bonchev–Trinajstić information content (AvgIpc) is 3.39. The Morgan fingerprint density at radius 1 is 1.06 bits per heavy atom. The van der Waals surface area contributed by atoms with Gasteiger partial charge in [-0.25, -0.2) is 9.37 Å². The molecule has 0 radical (unpaired) electrons. The fourth-order valence-electron chi connectivity index (χ4n) is 4.00. The highest BCUT2D eigenvalue weighted by Gasteiger charge is 2.22. The van der Waals surface area contributed by atoms with Crippen LogP contribution in [0.3, 0.4) is 0 Å². The fourth-order valence-corrected chi connectivity index (χ4v) is 5.22. The van der Waals surface area contributed by atoms with Gasteiger partial charge in [0.2, 0.25) is 5.91 Å². The Bertz CT molecular complexity index is 1440. The van der Waals surface area contributed by atoms with Crippen LogP contribution >= 0.6 is 11.3 Å². The Labute approximate surface area is 191 Å². The summed E-state index contributed by atoms with van der Waals surface area (Å²) in [4.78, 5) is 44.8. The molecule has 0 atom stereocenters. The van der Waals surface area contributed by atoms with Crippen LogP contribution in [0.1, 0.15) is 27.2 Å². The topological polar surface area (TPSA) is 93.1 Å². The standard InChI is InChI=1S/C24H19FN4O3S/c25-14-8-10-15(11-9-14)27-22(31)16-4-1-2-6-18(16)28-20(30)12-29-13-26-23-21(24(29)32)17-5-3-7-19(17)33-23/h1-2,4,6,8-11,13H,3,5,7,12H2,(H,27,31)(H,28,30). The number of hydrogen-bond acceptors (Lipinski definition) is 5. The van der Waals surface area contributed by atoms with Crippen molar-refractivity contribution in [2.45, 2.75) is 25.8 Å². The van der Waals surface area contributed by atoms with Gasteiger partial charge in [0.05, 0.1) is 23.0 Å². The van der Waals surface area contributed by atoms with Gasteiger partial charge in [0.25, 0.3) is 11.5 Å². The molecule has 5 rings (SSSR count). The van der Waals surface area contributed by atoms with Crippen LogP contribution in [0.15, 0.2) is 59.7 Å². The summed E-state index contributed by atoms with van der Waals surface area (Å²) in [5.41, 5.74) is 1.81. The van der Waals surface area contributed by atoms with Crippen LogP contribution < -0.4 is 16.2 Å². The lowest BCUT2D eigenvalue weighted by Gasteiger charge is -2.12. The number of aryl methyl sites for hydroxylation is 2. The van der Waals surface area contributed by atoms with Crippen LogP contribution in [0.25, 0.3) is 10.2 Å². The summed E-state index contributed by atoms with van der Waals surface area (Å²) in [6.07, 6.45) is 4.25. The number of aromatic nitrogens is 2. The molecule has 2 aromatic carbocycles. The van der Waals surface area contributed by atoms with Gasteiger partial charge in [-0.1, -0.05) is 12.1 Å². The summed E-state index contributed by atoms with van der Waals surface area (Å²) >= 11 is 1.55. The number of hydrogen-bond donors (Lipinski definition) is 2. The summed E-state index contributed by atoms with van der Waals surface area (Å²) in [7, 11) is 0. The van der Waals surface area contributed by atoms with Gasteiger partial charge in [-0.2, -0.15) is 0 Å². The van der Waals surface area contributed by atoms with Crippen molar-refractivity contribution in [3.63, 3.8) is 0 Å². The maximum atomic E-state index is 13.1. The summed E-state index contributed by atoms with van der Waals surface area (Å²) in [5.74, 6) is -1.31. The van der Waals surface area contributed by atoms with Crippen molar-refractivity contribution < 1.29 is 14.0 Å². The number of fused-ring (bicyclic) bond motifs is 3. The molecular formula is C24H19FN4O3S. The number of thiophene rings is 1. The Balaban J connectivity index is 1.34. The molecule has 33 heavy (non-hydrogen) atoms. The quantitative estimate of drug-likeness (QED) is 0.469. The lowest BCUT2D eigenvalue weighted by molar-refractivity contribution is -0.116. The molecule has 0 aliphatic heterocycles. The first-order valence-electron chi connectivity index (χ1n) is 10.4. The van der Waals surface area contributed by atoms with E-state index in [0.717, 1.165) is 24.8 Å². The van der Waals surface area contributed by atoms with Gasteiger partial charge in [0, 0.05) is 10.6 Å². The van der Waals surface area contributed by atoms with E-state index in [-0.39, 0.29) is 17.7 Å². The van der Waals surface area contributed by atoms with Crippen molar-refractivity contribution in [1.29, 1.82) is 0 Å². The Morgan fingerprint density at radius 2 is 1.85 bits per heavy atom. The molecule has 0 saturated carbocycles. The molecule has 2 aromatic heterocycles. The van der Waals surface area contributed by atoms with Crippen LogP contribution in [0, 0.1) is 5.82 Å². The molecule has 166 valence electrons. The largest absolute Gasteiger partial charge is 0.324 e. The number of carbonyl (C=O) groups excluding carboxylic acids is 2. The second kappa shape index (κ2) is 8.59. The minimum absolute atomic E-state index is 0.222. The third kappa shape index (κ3) is 4.14. The van der Waals surface area contributed by atoms with Crippen molar-refractivity contribution in [1.82, 2.24) is 9.55 Å². The molecule has 7 nitrogen and oxygen atoms in total. The first-order chi connectivity index (χ1) is 16.0. The zero-order valence-corrected chi connectivity index (χ0v) is 18.2. The van der Waals surface area contributed by atoms with E-state index in [9.17, 15) is 18.8 Å². The number of anilines is 2. The second-order valence-electron chi connectivity index (χ2n) is 7.77. The number of para-hydroxylation sites is 1. The van der Waals surface area contributed by atoms with E-state index in [4.69, 9.17) is 0 Å². The molecule has 0 bridgehead atoms. The fraction of sp³-hybridized carbons (Fsp3) is 0.167. The van der Waals surface area contributed by atoms with E-state index in [1.165, 1.54) is 40.0 Å². The Kier molecular flexibility index (Phi) is 5.47. The molecule has 0 fully saturated rings. The number of halogens is 1. The molecule has 4 aromatic rings. The molecule has 1 aliphatic rings. The predicted octanol–water partition coefficient (Wildman–Crippen LogP) is 3.98. The van der Waals surface area contributed by atoms with Gasteiger partial charge in [-0.05, 0) is 61.2 Å². The van der Waals surface area contributed by atoms with Gasteiger partial charge < -0.3 is 10.6 Å². The molecule has 0 saturated heterocycles. The predicted molar refractivity (Wildman–Crippen MR) is 125 cm³/mol. The molecule has 2 N–H and O–H groups in total. The van der Waals surface area contributed by atoms with Gasteiger partial charge >= 0.3 is 0 Å². The monoisotopic (exact) mass is 462 g/mol. The number of carbonyl (C=O) groups is 2. The first kappa shape index (κ1) is 21.0. The van der Waals surface area contributed by atoms with Crippen LogP contribution in [-0.2, 0) is 24.2 Å². The number of rotatable bonds is 5. The number of nitrogens with one attached hydrogen (secondary N) is 2. The Morgan fingerprint density at radius 3 is 2.67 bits per heavy atom. The van der Waals surface area contributed by atoms with E-state index in [1.807, 2.05) is 0 Å². The second-order valence-corrected chi connectivity index (χ2v) is 8.85. The molecule has 1 aliphatic carbocycles. The molecule has 2 amide bonds. The van der Waals surface area contributed by atoms with Gasteiger partial charge in [-0.3, -0.25) is 19.0 Å². The molecule has 9 heteroatoms. The van der Waals surface area contributed by atoms with Crippen LogP contribution in [-0.4, -0.2) is 21.4 Å². The molecule has 2 heterocycles. The van der Waals surface area contributed by atoms with E-state index >= 15 is 0 Å². The van der Waals surface area contributed by atoms with Gasteiger partial charge in [0.15, 0.2) is 0 Å². The van der Waals surface area contributed by atoms with E-state index in [0.29, 0.717) is 21.6 Å². The van der Waals surface area contributed by atoms with E-state index in [2.05, 4.69) is 15.6 Å². The maximum Gasteiger partial charge on any atom is 0.262 e. The molecule has 0 unspecified atom stereocenters. The number of amides is 2. The minimum atomic E-state index is -0.452. The highest BCUT2D eigenvalue weighted by atomic mass is 32.1. The smallest absolute Gasteiger partial charge is 0.262 e. The SMILES string of the molecule is O=C(Cn1cnc2sc3c(c2c1=O)CCC3)Nc1ccccc1C(=O)Nc1ccc(F)cc1. The first-order valence-corrected chi connectivity index (χ1v) is 11.3. The molecule has 0 spiro atoms. The zero-order valence-electron chi connectivity index (χ0n) is 17.4. The third-order valence-electron chi connectivity index (χ3n) is 5.55. The third-order valence-corrected chi connectivity index (χ3v) is 6.75. The van der Waals surface area contributed by atoms with Gasteiger partial charge in [0.1, 0.15) is 17.2 Å². The van der Waals surface area contributed by atoms with Crippen LogP contribution in [0.5, 0.6) is 0 Å². The normalized spacial score (nSPS) is 12.5. The summed E-state index contributed by atoms with van der Waals surface area (Å²) in [5, 5.41) is 6.00. The van der Waals surface area contributed by atoms with Crippen molar-refractivity contribution in [3.8, 4) is 0 Å². The lowest BCUT2D eigenvalue weighted by atomic mass is 10.1. The van der Waals surface area contributed by atoms with Crippen molar-refractivity contribution in [2.75, 3.05) is 10.6 Å². The van der Waals surface area contributed by atoms with Crippen LogP contribution in [0.2, 0.25) is 0 Å². The van der Waals surface area contributed by atoms with E-state index in [1.54, 1.807) is 35.6 Å². The average molecular weight is 463 g/mol. The van der Waals surface area contributed by atoms with Crippen molar-refractivity contribution in [3.05, 3.63) is 87.0 Å².